The highest BCUT2D eigenvalue weighted by Crippen LogP contribution is 2.42. The number of carbonyl (C=O) groups is 2. The lowest BCUT2D eigenvalue weighted by Gasteiger charge is -2.23. The number of aryl methyl sites for hydroxylation is 1. The Morgan fingerprint density at radius 3 is 2.30 bits per heavy atom. The van der Waals surface area contributed by atoms with Crippen LogP contribution in [0.25, 0.3) is 5.76 Å². The first-order valence-corrected chi connectivity index (χ1v) is 9.83. The van der Waals surface area contributed by atoms with Crippen LogP contribution in [0.3, 0.4) is 0 Å². The number of benzene rings is 2. The van der Waals surface area contributed by atoms with Crippen LogP contribution in [0.2, 0.25) is 0 Å². The number of carbonyl (C=O) groups excluding carboxylic acids is 2. The largest absolute Gasteiger partial charge is 0.507 e. The van der Waals surface area contributed by atoms with E-state index in [1.807, 2.05) is 6.07 Å². The van der Waals surface area contributed by atoms with E-state index in [1.54, 1.807) is 67.6 Å². The molecular formula is C23H15BrN2O4. The Morgan fingerprint density at radius 2 is 1.73 bits per heavy atom. The Balaban J connectivity index is 1.91. The zero-order chi connectivity index (χ0) is 21.4. The summed E-state index contributed by atoms with van der Waals surface area (Å²) in [6.07, 6.45) is 0. The van der Waals surface area contributed by atoms with E-state index in [4.69, 9.17) is 9.68 Å². The molecule has 148 valence electrons. The zero-order valence-electron chi connectivity index (χ0n) is 15.8. The van der Waals surface area contributed by atoms with E-state index in [0.29, 0.717) is 28.3 Å². The zero-order valence-corrected chi connectivity index (χ0v) is 17.4. The van der Waals surface area contributed by atoms with Crippen molar-refractivity contribution >= 4 is 39.1 Å². The van der Waals surface area contributed by atoms with Gasteiger partial charge in [0.15, 0.2) is 0 Å². The van der Waals surface area contributed by atoms with Gasteiger partial charge < -0.3 is 9.52 Å². The monoisotopic (exact) mass is 462 g/mol. The minimum atomic E-state index is -0.935. The number of aliphatic hydroxyl groups is 1. The molecule has 1 fully saturated rings. The molecule has 1 unspecified atom stereocenters. The number of furan rings is 1. The van der Waals surface area contributed by atoms with Gasteiger partial charge in [-0.3, -0.25) is 14.5 Å². The molecule has 3 aromatic rings. The summed E-state index contributed by atoms with van der Waals surface area (Å²) in [4.78, 5) is 27.2. The van der Waals surface area contributed by atoms with E-state index < -0.39 is 17.7 Å². The number of nitrogens with zero attached hydrogens (tertiary/aromatic N) is 2. The maximum atomic E-state index is 13.0. The molecule has 1 aliphatic heterocycles. The number of anilines is 1. The average Bonchev–Trinajstić information content (AvgIpc) is 3.29. The van der Waals surface area contributed by atoms with Crippen LogP contribution in [-0.2, 0) is 9.59 Å². The number of rotatable bonds is 3. The van der Waals surface area contributed by atoms with Crippen LogP contribution in [0, 0.1) is 18.3 Å². The summed E-state index contributed by atoms with van der Waals surface area (Å²) in [5, 5.41) is 20.0. The van der Waals surface area contributed by atoms with Gasteiger partial charge in [-0.25, -0.2) is 0 Å². The first-order valence-electron chi connectivity index (χ1n) is 9.04. The predicted octanol–water partition coefficient (Wildman–Crippen LogP) is 4.85. The topological polar surface area (TPSA) is 94.5 Å². The molecule has 2 aromatic carbocycles. The van der Waals surface area contributed by atoms with Gasteiger partial charge in [-0.2, -0.15) is 5.26 Å². The molecule has 6 nitrogen and oxygen atoms in total. The average molecular weight is 463 g/mol. The van der Waals surface area contributed by atoms with Gasteiger partial charge in [0.1, 0.15) is 23.3 Å². The summed E-state index contributed by atoms with van der Waals surface area (Å²) in [5.41, 5.74) is 1.20. The smallest absolute Gasteiger partial charge is 0.300 e. The summed E-state index contributed by atoms with van der Waals surface area (Å²) >= 11 is 3.34. The number of ketones is 1. The number of amides is 1. The third-order valence-corrected chi connectivity index (χ3v) is 5.40. The summed E-state index contributed by atoms with van der Waals surface area (Å²) in [7, 11) is 0. The Bertz CT molecular complexity index is 1220. The van der Waals surface area contributed by atoms with Gasteiger partial charge in [0.05, 0.1) is 17.2 Å². The highest BCUT2D eigenvalue weighted by Gasteiger charge is 2.48. The number of hydrogen-bond acceptors (Lipinski definition) is 5. The number of Topliss-reactive ketones (excluding diaryl/α,β-unsaturated/α-hetero) is 1. The number of aliphatic hydroxyl groups excluding tert-OH is 1. The van der Waals surface area contributed by atoms with Crippen molar-refractivity contribution in [2.24, 2.45) is 0 Å². The fourth-order valence-corrected chi connectivity index (χ4v) is 3.69. The first-order chi connectivity index (χ1) is 14.4. The molecule has 7 heteroatoms. The molecular weight excluding hydrogens is 448 g/mol. The summed E-state index contributed by atoms with van der Waals surface area (Å²) in [6, 6.07) is 17.6. The van der Waals surface area contributed by atoms with E-state index >= 15 is 0 Å². The van der Waals surface area contributed by atoms with Crippen LogP contribution in [0.1, 0.15) is 28.7 Å². The summed E-state index contributed by atoms with van der Waals surface area (Å²) < 4.78 is 6.56. The highest BCUT2D eigenvalue weighted by molar-refractivity contribution is 9.10. The third kappa shape index (κ3) is 3.31. The highest BCUT2D eigenvalue weighted by atomic mass is 79.9. The van der Waals surface area contributed by atoms with E-state index in [-0.39, 0.29) is 11.3 Å². The summed E-state index contributed by atoms with van der Waals surface area (Å²) in [5.74, 6) is -0.902. The Morgan fingerprint density at radius 1 is 1.07 bits per heavy atom. The SMILES string of the molecule is Cc1ccc(C2/C(=C(/O)c3ccc(Br)cc3)C(=O)C(=O)N2c2ccc(C#N)cc2)o1. The van der Waals surface area contributed by atoms with Crippen LogP contribution in [-0.4, -0.2) is 16.8 Å². The van der Waals surface area contributed by atoms with Crippen molar-refractivity contribution in [1.29, 1.82) is 5.26 Å². The van der Waals surface area contributed by atoms with Crippen molar-refractivity contribution in [3.8, 4) is 6.07 Å². The quantitative estimate of drug-likeness (QED) is 0.341. The molecule has 0 aliphatic carbocycles. The molecule has 1 aliphatic rings. The van der Waals surface area contributed by atoms with E-state index in [0.717, 1.165) is 4.47 Å². The molecule has 0 spiro atoms. The molecule has 4 rings (SSSR count). The van der Waals surface area contributed by atoms with Gasteiger partial charge in [-0.1, -0.05) is 28.1 Å². The predicted molar refractivity (Wildman–Crippen MR) is 114 cm³/mol. The second-order valence-electron chi connectivity index (χ2n) is 6.78. The molecule has 1 aromatic heterocycles. The van der Waals surface area contributed by atoms with Gasteiger partial charge in [-0.05, 0) is 55.5 Å². The lowest BCUT2D eigenvalue weighted by Crippen LogP contribution is -2.29. The number of halogens is 1. The number of nitriles is 1. The molecule has 0 bridgehead atoms. The van der Waals surface area contributed by atoms with Crippen molar-refractivity contribution in [2.45, 2.75) is 13.0 Å². The second kappa shape index (κ2) is 7.65. The fourth-order valence-electron chi connectivity index (χ4n) is 3.43. The van der Waals surface area contributed by atoms with Crippen molar-refractivity contribution in [3.05, 3.63) is 93.4 Å². The first kappa shape index (κ1) is 19.7. The van der Waals surface area contributed by atoms with Crippen LogP contribution >= 0.6 is 15.9 Å². The summed E-state index contributed by atoms with van der Waals surface area (Å²) in [6.45, 7) is 1.76. The molecule has 1 saturated heterocycles. The minimum absolute atomic E-state index is 0.0546. The van der Waals surface area contributed by atoms with Gasteiger partial charge in [0.2, 0.25) is 0 Å². The Labute approximate surface area is 180 Å². The fraction of sp³-hybridized carbons (Fsp3) is 0.0870. The molecule has 1 atom stereocenters. The standard InChI is InChI=1S/C23H15BrN2O4/c1-13-2-11-18(30-13)20-19(21(27)15-5-7-16(24)8-6-15)22(28)23(29)26(20)17-9-3-14(12-25)4-10-17/h2-11,20,27H,1H3/b21-19-. The molecule has 0 saturated carbocycles. The molecule has 0 radical (unpaired) electrons. The van der Waals surface area contributed by atoms with Crippen LogP contribution in [0.5, 0.6) is 0 Å². The number of hydrogen-bond donors (Lipinski definition) is 1. The maximum Gasteiger partial charge on any atom is 0.300 e. The van der Waals surface area contributed by atoms with E-state index in [9.17, 15) is 14.7 Å². The molecule has 1 N–H and O–H groups in total. The van der Waals surface area contributed by atoms with Crippen LogP contribution in [0.4, 0.5) is 5.69 Å². The van der Waals surface area contributed by atoms with E-state index in [2.05, 4.69) is 15.9 Å². The second-order valence-corrected chi connectivity index (χ2v) is 7.70. The van der Waals surface area contributed by atoms with Gasteiger partial charge in [0, 0.05) is 15.7 Å². The van der Waals surface area contributed by atoms with Crippen molar-refractivity contribution in [1.82, 2.24) is 0 Å². The van der Waals surface area contributed by atoms with Crippen molar-refractivity contribution in [3.63, 3.8) is 0 Å². The third-order valence-electron chi connectivity index (χ3n) is 4.87. The lowest BCUT2D eigenvalue weighted by molar-refractivity contribution is -0.132. The molecule has 30 heavy (non-hydrogen) atoms. The van der Waals surface area contributed by atoms with Gasteiger partial charge >= 0.3 is 0 Å². The minimum Gasteiger partial charge on any atom is -0.507 e. The molecule has 2 heterocycles. The molecule has 1 amide bonds. The Kier molecular flexibility index (Phi) is 5.02. The van der Waals surface area contributed by atoms with Gasteiger partial charge in [0.25, 0.3) is 11.7 Å². The Hall–Kier alpha value is -3.63. The maximum absolute atomic E-state index is 13.0. The lowest BCUT2D eigenvalue weighted by atomic mass is 9.99. The van der Waals surface area contributed by atoms with Crippen molar-refractivity contribution < 1.29 is 19.1 Å². The normalized spacial score (nSPS) is 17.9. The van der Waals surface area contributed by atoms with E-state index in [1.165, 1.54) is 4.90 Å². The van der Waals surface area contributed by atoms with Gasteiger partial charge in [-0.15, -0.1) is 0 Å². The van der Waals surface area contributed by atoms with Crippen LogP contribution in [0.15, 0.2) is 75.1 Å². The van der Waals surface area contributed by atoms with Crippen molar-refractivity contribution in [2.75, 3.05) is 4.90 Å². The van der Waals surface area contributed by atoms with Crippen LogP contribution < -0.4 is 4.90 Å².